The van der Waals surface area contributed by atoms with Crippen LogP contribution in [0.1, 0.15) is 105 Å². The van der Waals surface area contributed by atoms with Crippen LogP contribution in [0.15, 0.2) is 77.2 Å². The first-order valence-corrected chi connectivity index (χ1v) is 19.0. The van der Waals surface area contributed by atoms with Crippen LogP contribution in [0.4, 0.5) is 13.2 Å². The minimum absolute atomic E-state index is 0.0787. The fourth-order valence-electron chi connectivity index (χ4n) is 10.6. The summed E-state index contributed by atoms with van der Waals surface area (Å²) in [5.41, 5.74) is -2.54. The van der Waals surface area contributed by atoms with Crippen molar-refractivity contribution in [2.24, 2.45) is 40.4 Å². The third-order valence-electron chi connectivity index (χ3n) is 13.1. The highest BCUT2D eigenvalue weighted by Crippen LogP contribution is 2.68. The van der Waals surface area contributed by atoms with Crippen molar-refractivity contribution in [3.8, 4) is 0 Å². The lowest BCUT2D eigenvalue weighted by Crippen LogP contribution is -2.53. The number of hydrogen-bond donors (Lipinski definition) is 2. The normalized spacial score (nSPS) is 36.6. The Labute approximate surface area is 282 Å². The summed E-state index contributed by atoms with van der Waals surface area (Å²) in [7, 11) is -1.75. The fraction of sp³-hybridized carbons (Fsp3) is 0.650. The Bertz CT molecular complexity index is 1430. The van der Waals surface area contributed by atoms with Gasteiger partial charge in [-0.1, -0.05) is 94.8 Å². The molecule has 9 unspecified atom stereocenters. The van der Waals surface area contributed by atoms with Gasteiger partial charge in [-0.15, -0.1) is 0 Å². The van der Waals surface area contributed by atoms with E-state index in [-0.39, 0.29) is 28.2 Å². The molecule has 0 amide bonds. The second kappa shape index (κ2) is 13.4. The molecule has 2 aromatic carbocycles. The van der Waals surface area contributed by atoms with Crippen molar-refractivity contribution in [2.75, 3.05) is 0 Å². The number of fused-ring (bicyclic) bond motifs is 5. The molecule has 260 valence electrons. The lowest BCUT2D eigenvalue weighted by Gasteiger charge is -2.59. The average molecular weight is 673 g/mol. The molecule has 3 fully saturated rings. The maximum Gasteiger partial charge on any atom is 0.421 e. The van der Waals surface area contributed by atoms with Crippen LogP contribution in [-0.2, 0) is 16.4 Å². The fourth-order valence-corrected chi connectivity index (χ4v) is 12.3. The molecule has 0 radical (unpaired) electrons. The van der Waals surface area contributed by atoms with E-state index in [1.54, 1.807) is 30.3 Å². The molecular formula is C40H55F3O3S. The second-order valence-electron chi connectivity index (χ2n) is 15.6. The van der Waals surface area contributed by atoms with E-state index >= 15 is 0 Å². The molecule has 7 heteroatoms. The number of aliphatic hydroxyl groups is 2. The number of alkyl halides is 3. The van der Waals surface area contributed by atoms with E-state index in [9.17, 15) is 27.6 Å². The molecule has 4 aliphatic rings. The van der Waals surface area contributed by atoms with Crippen molar-refractivity contribution in [1.82, 2.24) is 0 Å². The van der Waals surface area contributed by atoms with Gasteiger partial charge in [0.05, 0.1) is 16.4 Å². The summed E-state index contributed by atoms with van der Waals surface area (Å²) in [6.45, 7) is 12.7. The first kappa shape index (κ1) is 36.3. The highest BCUT2D eigenvalue weighted by atomic mass is 32.2. The van der Waals surface area contributed by atoms with E-state index in [4.69, 9.17) is 0 Å². The highest BCUT2D eigenvalue weighted by Gasteiger charge is 2.62. The van der Waals surface area contributed by atoms with Crippen molar-refractivity contribution in [1.29, 1.82) is 0 Å². The van der Waals surface area contributed by atoms with Gasteiger partial charge in [-0.2, -0.15) is 13.2 Å². The standard InChI is InChI=1S/C38H49F3O3S.C2H6/c1-25(33(45(44)28-13-9-6-10-14-28)24-37(43,38(39,40)41)26-11-7-5-8-12-26)30-17-18-31-29-16-15-27-23-34(2,42)21-22-35(27,3)32(29)19-20-36(30,31)4;1-2/h5-15,25,29-33,42-43H,16-24H2,1-4H3;1-2H3/t25-,29?,30?,31?,32?,33?,34-,35?,36?,37?,45?;/m0./s1. The van der Waals surface area contributed by atoms with Crippen LogP contribution in [0, 0.1) is 40.4 Å². The van der Waals surface area contributed by atoms with Crippen LogP contribution in [0.3, 0.4) is 0 Å². The van der Waals surface area contributed by atoms with E-state index in [0.29, 0.717) is 22.6 Å². The molecule has 6 rings (SSSR count). The maximum absolute atomic E-state index is 14.8. The Hall–Kier alpha value is -1.96. The predicted octanol–water partition coefficient (Wildman–Crippen LogP) is 10.00. The van der Waals surface area contributed by atoms with E-state index in [1.807, 2.05) is 33.8 Å². The van der Waals surface area contributed by atoms with Crippen LogP contribution in [0.5, 0.6) is 0 Å². The van der Waals surface area contributed by atoms with Gasteiger partial charge in [-0.05, 0) is 116 Å². The summed E-state index contributed by atoms with van der Waals surface area (Å²) in [6, 6.07) is 16.1. The van der Waals surface area contributed by atoms with E-state index in [0.717, 1.165) is 51.4 Å². The van der Waals surface area contributed by atoms with Crippen molar-refractivity contribution in [3.05, 3.63) is 77.9 Å². The summed E-state index contributed by atoms with van der Waals surface area (Å²) in [5.74, 6) is 1.29. The molecule has 47 heavy (non-hydrogen) atoms. The van der Waals surface area contributed by atoms with Crippen molar-refractivity contribution >= 4 is 10.8 Å². The summed E-state index contributed by atoms with van der Waals surface area (Å²) in [5, 5.41) is 21.5. The van der Waals surface area contributed by atoms with Gasteiger partial charge >= 0.3 is 6.18 Å². The summed E-state index contributed by atoms with van der Waals surface area (Å²) < 4.78 is 58.8. The smallest absolute Gasteiger partial charge is 0.390 e. The Balaban J connectivity index is 0.00000213. The van der Waals surface area contributed by atoms with Crippen LogP contribution < -0.4 is 0 Å². The van der Waals surface area contributed by atoms with Crippen molar-refractivity contribution in [2.45, 2.75) is 127 Å². The highest BCUT2D eigenvalue weighted by molar-refractivity contribution is 7.85. The summed E-state index contributed by atoms with van der Waals surface area (Å²) >= 11 is 0. The first-order chi connectivity index (χ1) is 22.1. The van der Waals surface area contributed by atoms with Gasteiger partial charge in [0, 0.05) is 16.6 Å². The third-order valence-corrected chi connectivity index (χ3v) is 15.0. The van der Waals surface area contributed by atoms with Gasteiger partial charge in [-0.3, -0.25) is 4.21 Å². The minimum Gasteiger partial charge on any atom is -0.390 e. The van der Waals surface area contributed by atoms with Crippen LogP contribution in [0.25, 0.3) is 0 Å². The molecule has 4 aliphatic carbocycles. The van der Waals surface area contributed by atoms with E-state index in [2.05, 4.69) is 19.9 Å². The van der Waals surface area contributed by atoms with Crippen LogP contribution in [-0.4, -0.2) is 31.4 Å². The number of hydrogen-bond acceptors (Lipinski definition) is 3. The number of benzene rings is 2. The zero-order valence-corrected chi connectivity index (χ0v) is 29.8. The molecule has 3 nitrogen and oxygen atoms in total. The van der Waals surface area contributed by atoms with Gasteiger partial charge in [0.15, 0.2) is 5.60 Å². The SMILES string of the molecule is CC.C[C@H](C(CC(O)(c1ccccc1)C(F)(F)F)S(=O)c1ccccc1)C1CCC2C3CC=C4C[C@@](C)(O)CCC4(C)C3CCC21C. The molecule has 2 aromatic rings. The van der Waals surface area contributed by atoms with E-state index < -0.39 is 39.8 Å². The van der Waals surface area contributed by atoms with Gasteiger partial charge in [0.25, 0.3) is 0 Å². The van der Waals surface area contributed by atoms with E-state index in [1.165, 1.54) is 29.8 Å². The monoisotopic (exact) mass is 672 g/mol. The largest absolute Gasteiger partial charge is 0.421 e. The van der Waals surface area contributed by atoms with Gasteiger partial charge < -0.3 is 10.2 Å². The molecule has 0 spiro atoms. The molecule has 11 atom stereocenters. The Morgan fingerprint density at radius 2 is 1.51 bits per heavy atom. The molecule has 3 saturated carbocycles. The average Bonchev–Trinajstić information content (AvgIpc) is 3.41. The zero-order valence-electron chi connectivity index (χ0n) is 29.0. The summed E-state index contributed by atoms with van der Waals surface area (Å²) in [6.07, 6.45) is 4.34. The lowest BCUT2D eigenvalue weighted by molar-refractivity contribution is -0.270. The zero-order chi connectivity index (χ0) is 34.4. The quantitative estimate of drug-likeness (QED) is 0.288. The lowest BCUT2D eigenvalue weighted by atomic mass is 9.46. The second-order valence-corrected chi connectivity index (χ2v) is 17.3. The number of allylic oxidation sites excluding steroid dienone is 1. The molecule has 0 saturated heterocycles. The van der Waals surface area contributed by atoms with Gasteiger partial charge in [0.1, 0.15) is 0 Å². The number of halogens is 3. The Morgan fingerprint density at radius 3 is 2.13 bits per heavy atom. The molecule has 0 aliphatic heterocycles. The molecule has 0 aromatic heterocycles. The molecular weight excluding hydrogens is 617 g/mol. The number of rotatable bonds is 7. The predicted molar refractivity (Wildman–Crippen MR) is 184 cm³/mol. The topological polar surface area (TPSA) is 57.5 Å². The Morgan fingerprint density at radius 1 is 0.894 bits per heavy atom. The van der Waals surface area contributed by atoms with Crippen molar-refractivity contribution < 1.29 is 27.6 Å². The van der Waals surface area contributed by atoms with Gasteiger partial charge in [-0.25, -0.2) is 0 Å². The van der Waals surface area contributed by atoms with Crippen molar-refractivity contribution in [3.63, 3.8) is 0 Å². The maximum atomic E-state index is 14.8. The molecule has 0 heterocycles. The third kappa shape index (κ3) is 6.43. The van der Waals surface area contributed by atoms with Crippen LogP contribution in [0.2, 0.25) is 0 Å². The molecule has 0 bridgehead atoms. The minimum atomic E-state index is -4.93. The van der Waals surface area contributed by atoms with Crippen LogP contribution >= 0.6 is 0 Å². The Kier molecular flexibility index (Phi) is 10.4. The first-order valence-electron chi connectivity index (χ1n) is 17.8. The van der Waals surface area contributed by atoms with Gasteiger partial charge in [0.2, 0.25) is 0 Å². The summed E-state index contributed by atoms with van der Waals surface area (Å²) in [4.78, 5) is 0.501. The molecule has 2 N–H and O–H groups in total.